The van der Waals surface area contributed by atoms with Crippen molar-refractivity contribution in [2.45, 2.75) is 12.8 Å². The summed E-state index contributed by atoms with van der Waals surface area (Å²) in [6.07, 6.45) is 1.39. The minimum atomic E-state index is -0.365. The minimum Gasteiger partial charge on any atom is -0.258 e. The van der Waals surface area contributed by atoms with Gasteiger partial charge in [0.1, 0.15) is 0 Å². The Morgan fingerprint density at radius 3 is 2.79 bits per heavy atom. The van der Waals surface area contributed by atoms with Crippen LogP contribution in [-0.2, 0) is 6.42 Å². The van der Waals surface area contributed by atoms with Gasteiger partial charge in [-0.15, -0.1) is 11.6 Å². The van der Waals surface area contributed by atoms with Gasteiger partial charge in [-0.3, -0.25) is 10.1 Å². The van der Waals surface area contributed by atoms with E-state index in [1.54, 1.807) is 12.1 Å². The second kappa shape index (κ2) is 5.32. The molecule has 0 N–H and O–H groups in total. The van der Waals surface area contributed by atoms with Crippen LogP contribution in [0.2, 0.25) is 0 Å². The van der Waals surface area contributed by atoms with Crippen molar-refractivity contribution in [2.24, 2.45) is 0 Å². The molecule has 0 aromatic heterocycles. The quantitative estimate of drug-likeness (QED) is 0.480. The first-order valence-corrected chi connectivity index (χ1v) is 5.46. The normalized spacial score (nSPS) is 10.1. The molecular weight excluding hydrogens is 269 g/mol. The van der Waals surface area contributed by atoms with Gasteiger partial charge in [0.15, 0.2) is 0 Å². The predicted molar refractivity (Wildman–Crippen MR) is 59.8 cm³/mol. The fourth-order valence-corrected chi connectivity index (χ4v) is 1.73. The van der Waals surface area contributed by atoms with Gasteiger partial charge in [0.25, 0.3) is 5.69 Å². The van der Waals surface area contributed by atoms with E-state index in [4.69, 9.17) is 11.6 Å². The van der Waals surface area contributed by atoms with Crippen LogP contribution in [0.1, 0.15) is 12.0 Å². The van der Waals surface area contributed by atoms with Crippen molar-refractivity contribution in [3.63, 3.8) is 0 Å². The Morgan fingerprint density at radius 1 is 1.50 bits per heavy atom. The van der Waals surface area contributed by atoms with Crippen LogP contribution in [0.3, 0.4) is 0 Å². The highest BCUT2D eigenvalue weighted by Crippen LogP contribution is 2.24. The van der Waals surface area contributed by atoms with Crippen LogP contribution in [0.15, 0.2) is 22.7 Å². The van der Waals surface area contributed by atoms with Crippen molar-refractivity contribution in [3.05, 3.63) is 38.3 Å². The lowest BCUT2D eigenvalue weighted by molar-refractivity contribution is -0.385. The van der Waals surface area contributed by atoms with E-state index in [0.29, 0.717) is 12.3 Å². The largest absolute Gasteiger partial charge is 0.272 e. The van der Waals surface area contributed by atoms with Gasteiger partial charge in [-0.05, 0) is 25.0 Å². The highest BCUT2D eigenvalue weighted by Gasteiger charge is 2.12. The highest BCUT2D eigenvalue weighted by atomic mass is 79.9. The number of hydrogen-bond donors (Lipinski definition) is 0. The van der Waals surface area contributed by atoms with Crippen molar-refractivity contribution >= 4 is 33.2 Å². The molecule has 0 saturated heterocycles. The molecule has 3 nitrogen and oxygen atoms in total. The topological polar surface area (TPSA) is 43.1 Å². The molecule has 0 bridgehead atoms. The highest BCUT2D eigenvalue weighted by molar-refractivity contribution is 9.10. The Labute approximate surface area is 95.4 Å². The zero-order chi connectivity index (χ0) is 10.6. The van der Waals surface area contributed by atoms with Crippen molar-refractivity contribution in [2.75, 3.05) is 5.88 Å². The summed E-state index contributed by atoms with van der Waals surface area (Å²) in [4.78, 5) is 10.3. The molecule has 14 heavy (non-hydrogen) atoms. The Morgan fingerprint density at radius 2 is 2.21 bits per heavy atom. The Bertz CT molecular complexity index is 344. The number of benzene rings is 1. The molecule has 0 spiro atoms. The maximum atomic E-state index is 10.7. The summed E-state index contributed by atoms with van der Waals surface area (Å²) in [7, 11) is 0. The van der Waals surface area contributed by atoms with Gasteiger partial charge >= 0.3 is 0 Å². The van der Waals surface area contributed by atoms with E-state index < -0.39 is 0 Å². The fourth-order valence-electron chi connectivity index (χ4n) is 1.19. The molecule has 0 amide bonds. The molecule has 1 aromatic carbocycles. The molecule has 0 atom stereocenters. The third-order valence-corrected chi connectivity index (χ3v) is 2.58. The molecular formula is C9H9BrClNO2. The predicted octanol–water partition coefficient (Wildman–Crippen LogP) is 3.53. The van der Waals surface area contributed by atoms with Crippen LogP contribution in [0.4, 0.5) is 5.69 Å². The smallest absolute Gasteiger partial charge is 0.258 e. The standard InChI is InChI=1S/C9H9BrClNO2/c10-8-3-4-9(12(13)14)7(6-8)2-1-5-11/h3-4,6H,1-2,5H2. The van der Waals surface area contributed by atoms with Crippen LogP contribution < -0.4 is 0 Å². The van der Waals surface area contributed by atoms with E-state index in [9.17, 15) is 10.1 Å². The molecule has 1 rings (SSSR count). The van der Waals surface area contributed by atoms with E-state index in [1.807, 2.05) is 0 Å². The number of alkyl halides is 1. The Balaban J connectivity index is 2.97. The monoisotopic (exact) mass is 277 g/mol. The van der Waals surface area contributed by atoms with Gasteiger partial charge < -0.3 is 0 Å². The summed E-state index contributed by atoms with van der Waals surface area (Å²) in [5.74, 6) is 0.518. The number of aryl methyl sites for hydroxylation is 1. The van der Waals surface area contributed by atoms with E-state index in [2.05, 4.69) is 15.9 Å². The van der Waals surface area contributed by atoms with Gasteiger partial charge in [0.05, 0.1) is 4.92 Å². The van der Waals surface area contributed by atoms with E-state index >= 15 is 0 Å². The van der Waals surface area contributed by atoms with Crippen molar-refractivity contribution in [1.82, 2.24) is 0 Å². The summed E-state index contributed by atoms with van der Waals surface area (Å²) in [5.41, 5.74) is 0.892. The molecule has 0 aliphatic rings. The maximum absolute atomic E-state index is 10.7. The van der Waals surface area contributed by atoms with Gasteiger partial charge in [0.2, 0.25) is 0 Å². The van der Waals surface area contributed by atoms with Gasteiger partial charge in [-0.25, -0.2) is 0 Å². The second-order valence-electron chi connectivity index (χ2n) is 2.82. The molecule has 0 aliphatic heterocycles. The van der Waals surface area contributed by atoms with Gasteiger partial charge in [-0.1, -0.05) is 15.9 Å². The van der Waals surface area contributed by atoms with Crippen LogP contribution in [0.25, 0.3) is 0 Å². The fraction of sp³-hybridized carbons (Fsp3) is 0.333. The molecule has 0 radical (unpaired) electrons. The Kier molecular flexibility index (Phi) is 4.35. The van der Waals surface area contributed by atoms with Crippen LogP contribution in [0, 0.1) is 10.1 Å². The summed E-state index contributed by atoms with van der Waals surface area (Å²) in [6.45, 7) is 0. The third kappa shape index (κ3) is 2.96. The lowest BCUT2D eigenvalue weighted by Crippen LogP contribution is -1.96. The number of nitro groups is 1. The summed E-state index contributed by atoms with van der Waals surface area (Å²) in [5, 5.41) is 10.7. The number of halogens is 2. The summed E-state index contributed by atoms with van der Waals surface area (Å²) in [6, 6.07) is 4.95. The minimum absolute atomic E-state index is 0.165. The number of hydrogen-bond acceptors (Lipinski definition) is 2. The van der Waals surface area contributed by atoms with Gasteiger partial charge in [0, 0.05) is 22.0 Å². The number of nitrogens with zero attached hydrogens (tertiary/aromatic N) is 1. The average Bonchev–Trinajstić information content (AvgIpc) is 2.14. The van der Waals surface area contributed by atoms with E-state index in [1.165, 1.54) is 6.07 Å². The number of rotatable bonds is 4. The maximum Gasteiger partial charge on any atom is 0.272 e. The molecule has 0 unspecified atom stereocenters. The molecule has 76 valence electrons. The van der Waals surface area contributed by atoms with Crippen molar-refractivity contribution < 1.29 is 4.92 Å². The average molecular weight is 279 g/mol. The van der Waals surface area contributed by atoms with E-state index in [0.717, 1.165) is 16.5 Å². The zero-order valence-corrected chi connectivity index (χ0v) is 9.71. The SMILES string of the molecule is O=[N+]([O-])c1ccc(Br)cc1CCCCl. The Hall–Kier alpha value is -0.610. The lowest BCUT2D eigenvalue weighted by Gasteiger charge is -2.01. The van der Waals surface area contributed by atoms with Crippen LogP contribution in [-0.4, -0.2) is 10.8 Å². The number of nitro benzene ring substituents is 1. The molecule has 0 heterocycles. The van der Waals surface area contributed by atoms with E-state index in [-0.39, 0.29) is 10.6 Å². The zero-order valence-electron chi connectivity index (χ0n) is 7.37. The first kappa shape index (κ1) is 11.5. The van der Waals surface area contributed by atoms with Crippen molar-refractivity contribution in [3.8, 4) is 0 Å². The first-order chi connectivity index (χ1) is 6.65. The first-order valence-electron chi connectivity index (χ1n) is 4.14. The van der Waals surface area contributed by atoms with Crippen LogP contribution in [0.5, 0.6) is 0 Å². The van der Waals surface area contributed by atoms with Gasteiger partial charge in [-0.2, -0.15) is 0 Å². The molecule has 0 fully saturated rings. The summed E-state index contributed by atoms with van der Waals surface area (Å²) >= 11 is 8.82. The van der Waals surface area contributed by atoms with Crippen LogP contribution >= 0.6 is 27.5 Å². The second-order valence-corrected chi connectivity index (χ2v) is 4.12. The molecule has 1 aromatic rings. The molecule has 0 aliphatic carbocycles. The third-order valence-electron chi connectivity index (χ3n) is 1.82. The summed E-state index contributed by atoms with van der Waals surface area (Å²) < 4.78 is 0.854. The molecule has 5 heteroatoms. The lowest BCUT2D eigenvalue weighted by atomic mass is 10.1. The molecule has 0 saturated carbocycles. The van der Waals surface area contributed by atoms with Crippen molar-refractivity contribution in [1.29, 1.82) is 0 Å².